The van der Waals surface area contributed by atoms with Crippen molar-refractivity contribution in [3.8, 4) is 11.9 Å². The van der Waals surface area contributed by atoms with Gasteiger partial charge >= 0.3 is 5.97 Å². The summed E-state index contributed by atoms with van der Waals surface area (Å²) in [7, 11) is 0. The number of ether oxygens (including phenoxy) is 2. The summed E-state index contributed by atoms with van der Waals surface area (Å²) in [6.07, 6.45) is 3.02. The minimum absolute atomic E-state index is 0.0197. The summed E-state index contributed by atoms with van der Waals surface area (Å²) in [5, 5.41) is 11.9. The zero-order chi connectivity index (χ0) is 17.4. The van der Waals surface area contributed by atoms with Gasteiger partial charge in [-0.05, 0) is 32.0 Å². The maximum absolute atomic E-state index is 11.9. The number of hydrogen-bond donors (Lipinski definition) is 1. The lowest BCUT2D eigenvalue weighted by molar-refractivity contribution is 0.0520. The fraction of sp³-hybridized carbons (Fsp3) is 0.294. The molecule has 2 heterocycles. The van der Waals surface area contributed by atoms with E-state index < -0.39 is 5.97 Å². The van der Waals surface area contributed by atoms with Gasteiger partial charge in [0.25, 0.3) is 0 Å². The van der Waals surface area contributed by atoms with E-state index >= 15 is 0 Å². The van der Waals surface area contributed by atoms with E-state index in [0.29, 0.717) is 29.4 Å². The zero-order valence-corrected chi connectivity index (χ0v) is 13.5. The summed E-state index contributed by atoms with van der Waals surface area (Å²) in [6, 6.07) is 8.61. The Hall–Kier alpha value is -3.14. The Morgan fingerprint density at radius 1 is 1.33 bits per heavy atom. The number of hydrogen-bond acceptors (Lipinski definition) is 7. The van der Waals surface area contributed by atoms with Crippen LogP contribution in [-0.4, -0.2) is 35.2 Å². The number of aromatic nitrogens is 2. The molecule has 0 aliphatic carbocycles. The van der Waals surface area contributed by atoms with E-state index in [1.807, 2.05) is 19.9 Å². The molecule has 2 rings (SSSR count). The monoisotopic (exact) mass is 326 g/mol. The molecule has 0 saturated carbocycles. The van der Waals surface area contributed by atoms with Crippen LogP contribution >= 0.6 is 0 Å². The maximum atomic E-state index is 11.9. The molecule has 2 aromatic rings. The van der Waals surface area contributed by atoms with Gasteiger partial charge in [-0.25, -0.2) is 14.8 Å². The number of rotatable bonds is 7. The number of pyridine rings is 2. The van der Waals surface area contributed by atoms with Gasteiger partial charge in [0.15, 0.2) is 0 Å². The zero-order valence-electron chi connectivity index (χ0n) is 13.5. The second-order valence-corrected chi connectivity index (χ2v) is 5.13. The summed E-state index contributed by atoms with van der Waals surface area (Å²) in [4.78, 5) is 20.0. The Bertz CT molecular complexity index is 723. The Morgan fingerprint density at radius 2 is 2.17 bits per heavy atom. The van der Waals surface area contributed by atoms with Crippen molar-refractivity contribution in [1.29, 1.82) is 5.26 Å². The lowest BCUT2D eigenvalue weighted by Crippen LogP contribution is -2.15. The molecule has 0 unspecified atom stereocenters. The predicted octanol–water partition coefficient (Wildman–Crippen LogP) is 2.40. The molecule has 124 valence electrons. The highest BCUT2D eigenvalue weighted by atomic mass is 16.5. The fourth-order valence-electron chi connectivity index (χ4n) is 1.85. The number of nitrogens with zero attached hydrogens (tertiary/aromatic N) is 3. The van der Waals surface area contributed by atoms with Crippen LogP contribution in [0.5, 0.6) is 5.88 Å². The molecule has 0 radical (unpaired) electrons. The molecular formula is C17H18N4O3. The first-order valence-corrected chi connectivity index (χ1v) is 7.49. The molecule has 0 saturated heterocycles. The maximum Gasteiger partial charge on any atom is 0.339 e. The number of nitrogens with one attached hydrogen (secondary N) is 1. The van der Waals surface area contributed by atoms with Crippen LogP contribution in [0.1, 0.15) is 29.8 Å². The van der Waals surface area contributed by atoms with Gasteiger partial charge < -0.3 is 14.8 Å². The van der Waals surface area contributed by atoms with Crippen molar-refractivity contribution >= 4 is 11.8 Å². The molecule has 0 spiro atoms. The number of esters is 1. The second kappa shape index (κ2) is 8.48. The molecule has 7 heteroatoms. The summed E-state index contributed by atoms with van der Waals surface area (Å²) in [6.45, 7) is 4.29. The first-order valence-electron chi connectivity index (χ1n) is 7.49. The molecule has 0 aliphatic heterocycles. The molecule has 0 fully saturated rings. The Labute approximate surface area is 140 Å². The van der Waals surface area contributed by atoms with E-state index in [9.17, 15) is 4.79 Å². The third-order valence-electron chi connectivity index (χ3n) is 2.88. The molecule has 24 heavy (non-hydrogen) atoms. The molecule has 0 aromatic carbocycles. The van der Waals surface area contributed by atoms with Gasteiger partial charge in [0, 0.05) is 18.5 Å². The molecular weight excluding hydrogens is 308 g/mol. The first kappa shape index (κ1) is 17.2. The molecule has 0 bridgehead atoms. The largest absolute Gasteiger partial charge is 0.475 e. The van der Waals surface area contributed by atoms with Crippen LogP contribution in [-0.2, 0) is 4.74 Å². The highest BCUT2D eigenvalue weighted by molar-refractivity contribution is 5.89. The van der Waals surface area contributed by atoms with Crippen LogP contribution in [0.15, 0.2) is 36.7 Å². The van der Waals surface area contributed by atoms with Crippen LogP contribution in [0.4, 0.5) is 5.82 Å². The molecule has 1 N–H and O–H groups in total. The summed E-state index contributed by atoms with van der Waals surface area (Å²) in [5.41, 5.74) is 0.787. The van der Waals surface area contributed by atoms with Crippen LogP contribution in [0.2, 0.25) is 0 Å². The molecule has 0 aliphatic rings. The van der Waals surface area contributed by atoms with E-state index in [0.717, 1.165) is 0 Å². The number of nitriles is 1. The summed E-state index contributed by atoms with van der Waals surface area (Å²) in [5.74, 6) is 0.456. The van der Waals surface area contributed by atoms with Gasteiger partial charge in [-0.3, -0.25) is 0 Å². The Balaban J connectivity index is 1.80. The summed E-state index contributed by atoms with van der Waals surface area (Å²) < 4.78 is 10.6. The first-order chi connectivity index (χ1) is 11.6. The van der Waals surface area contributed by atoms with E-state index in [-0.39, 0.29) is 12.7 Å². The van der Waals surface area contributed by atoms with Crippen molar-refractivity contribution in [1.82, 2.24) is 9.97 Å². The van der Waals surface area contributed by atoms with E-state index in [2.05, 4.69) is 15.3 Å². The highest BCUT2D eigenvalue weighted by Gasteiger charge is 2.09. The van der Waals surface area contributed by atoms with Gasteiger partial charge in [-0.1, -0.05) is 0 Å². The quantitative estimate of drug-likeness (QED) is 0.616. The van der Waals surface area contributed by atoms with Gasteiger partial charge in [-0.15, -0.1) is 0 Å². The minimum atomic E-state index is -0.470. The minimum Gasteiger partial charge on any atom is -0.475 e. The smallest absolute Gasteiger partial charge is 0.339 e. The van der Waals surface area contributed by atoms with Gasteiger partial charge in [0.1, 0.15) is 18.5 Å². The molecule has 7 nitrogen and oxygen atoms in total. The predicted molar refractivity (Wildman–Crippen MR) is 87.7 cm³/mol. The van der Waals surface area contributed by atoms with Crippen molar-refractivity contribution in [2.45, 2.75) is 20.0 Å². The molecule has 0 amide bonds. The van der Waals surface area contributed by atoms with Gasteiger partial charge in [-0.2, -0.15) is 5.26 Å². The molecule has 0 atom stereocenters. The number of carbonyl (C=O) groups excluding carboxylic acids is 1. The third-order valence-corrected chi connectivity index (χ3v) is 2.88. The average Bonchev–Trinajstić information content (AvgIpc) is 2.59. The normalized spacial score (nSPS) is 10.1. The van der Waals surface area contributed by atoms with E-state index in [1.165, 1.54) is 6.20 Å². The van der Waals surface area contributed by atoms with Crippen LogP contribution in [0.3, 0.4) is 0 Å². The van der Waals surface area contributed by atoms with Gasteiger partial charge in [0.2, 0.25) is 5.88 Å². The van der Waals surface area contributed by atoms with Crippen molar-refractivity contribution in [2.75, 3.05) is 18.5 Å². The topological polar surface area (TPSA) is 97.1 Å². The number of anilines is 1. The fourth-order valence-corrected chi connectivity index (χ4v) is 1.85. The lowest BCUT2D eigenvalue weighted by atomic mass is 10.3. The number of carbonyl (C=O) groups is 1. The Morgan fingerprint density at radius 3 is 2.83 bits per heavy atom. The van der Waals surface area contributed by atoms with Crippen molar-refractivity contribution in [3.63, 3.8) is 0 Å². The average molecular weight is 326 g/mol. The standard InChI is InChI=1S/C17H18N4O3/c1-12(2)24-15-6-5-14(11-21-15)17(22)23-9-8-20-16-13(10-18)4-3-7-19-16/h3-7,11-12H,8-9H2,1-2H3,(H,19,20). The highest BCUT2D eigenvalue weighted by Crippen LogP contribution is 2.11. The SMILES string of the molecule is CC(C)Oc1ccc(C(=O)OCCNc2ncccc2C#N)cn1. The van der Waals surface area contributed by atoms with E-state index in [4.69, 9.17) is 14.7 Å². The van der Waals surface area contributed by atoms with Crippen molar-refractivity contribution in [2.24, 2.45) is 0 Å². The van der Waals surface area contributed by atoms with Crippen LogP contribution in [0, 0.1) is 11.3 Å². The van der Waals surface area contributed by atoms with Crippen LogP contribution in [0.25, 0.3) is 0 Å². The Kier molecular flexibility index (Phi) is 6.08. The second-order valence-electron chi connectivity index (χ2n) is 5.13. The van der Waals surface area contributed by atoms with Crippen molar-refractivity contribution < 1.29 is 14.3 Å². The van der Waals surface area contributed by atoms with Crippen molar-refractivity contribution in [3.05, 3.63) is 47.8 Å². The van der Waals surface area contributed by atoms with Crippen LogP contribution < -0.4 is 10.1 Å². The summed E-state index contributed by atoms with van der Waals surface area (Å²) >= 11 is 0. The van der Waals surface area contributed by atoms with Gasteiger partial charge in [0.05, 0.1) is 23.8 Å². The molecule has 2 aromatic heterocycles. The third kappa shape index (κ3) is 4.95. The van der Waals surface area contributed by atoms with E-state index in [1.54, 1.807) is 30.5 Å². The lowest BCUT2D eigenvalue weighted by Gasteiger charge is -2.09.